The fraction of sp³-hybridized carbons (Fsp3) is 0.231. The van der Waals surface area contributed by atoms with Gasteiger partial charge in [0.2, 0.25) is 0 Å². The number of ether oxygens (including phenoxy) is 2. The molecule has 0 aliphatic rings. The SMILES string of the molecule is CCOC(=O)c1sc(NC(=S)Nc2ccc(-c3nc4ccc(C)cc4s3)cc2)c(C(=O)OCC)c1C. The number of thiophene rings is 1. The molecule has 0 unspecified atom stereocenters. The summed E-state index contributed by atoms with van der Waals surface area (Å²) in [4.78, 5) is 30.0. The van der Waals surface area contributed by atoms with E-state index in [9.17, 15) is 9.59 Å². The van der Waals surface area contributed by atoms with Gasteiger partial charge in [-0.05, 0) is 87.4 Å². The summed E-state index contributed by atoms with van der Waals surface area (Å²) in [5, 5.41) is 7.82. The number of aryl methyl sites for hydroxylation is 1. The number of carbonyl (C=O) groups is 2. The van der Waals surface area contributed by atoms with Crippen molar-refractivity contribution in [1.82, 2.24) is 4.98 Å². The van der Waals surface area contributed by atoms with Crippen LogP contribution in [0.4, 0.5) is 10.7 Å². The topological polar surface area (TPSA) is 89.5 Å². The van der Waals surface area contributed by atoms with Crippen LogP contribution < -0.4 is 10.6 Å². The number of hydrogen-bond donors (Lipinski definition) is 2. The van der Waals surface area contributed by atoms with E-state index in [0.717, 1.165) is 37.8 Å². The first-order valence-corrected chi connectivity index (χ1v) is 13.4. The van der Waals surface area contributed by atoms with Crippen LogP contribution in [-0.2, 0) is 9.47 Å². The summed E-state index contributed by atoms with van der Waals surface area (Å²) in [6, 6.07) is 14.0. The van der Waals surface area contributed by atoms with Gasteiger partial charge in [-0.25, -0.2) is 14.6 Å². The van der Waals surface area contributed by atoms with Crippen molar-refractivity contribution in [3.05, 3.63) is 64.0 Å². The fourth-order valence-corrected chi connectivity index (χ4v) is 6.01. The van der Waals surface area contributed by atoms with Crippen LogP contribution in [-0.4, -0.2) is 35.2 Å². The lowest BCUT2D eigenvalue weighted by Crippen LogP contribution is -2.20. The van der Waals surface area contributed by atoms with Gasteiger partial charge in [0, 0.05) is 11.3 Å². The van der Waals surface area contributed by atoms with E-state index in [-0.39, 0.29) is 23.9 Å². The molecule has 0 spiro atoms. The van der Waals surface area contributed by atoms with Gasteiger partial charge in [-0.1, -0.05) is 6.07 Å². The highest BCUT2D eigenvalue weighted by Crippen LogP contribution is 2.35. The van der Waals surface area contributed by atoms with Gasteiger partial charge in [0.05, 0.1) is 29.0 Å². The molecule has 0 saturated heterocycles. The lowest BCUT2D eigenvalue weighted by Gasteiger charge is -2.11. The number of aromatic nitrogens is 1. The maximum absolute atomic E-state index is 12.6. The highest BCUT2D eigenvalue weighted by atomic mass is 32.1. The van der Waals surface area contributed by atoms with Crippen molar-refractivity contribution in [2.45, 2.75) is 27.7 Å². The quantitative estimate of drug-likeness (QED) is 0.196. The predicted molar refractivity (Wildman–Crippen MR) is 151 cm³/mol. The van der Waals surface area contributed by atoms with Crippen molar-refractivity contribution in [1.29, 1.82) is 0 Å². The third kappa shape index (κ3) is 5.56. The summed E-state index contributed by atoms with van der Waals surface area (Å²) < 4.78 is 11.5. The van der Waals surface area contributed by atoms with Gasteiger partial charge < -0.3 is 20.1 Å². The molecular weight excluding hydrogens is 515 g/mol. The monoisotopic (exact) mass is 539 g/mol. The second-order valence-corrected chi connectivity index (χ2v) is 10.3. The molecule has 4 rings (SSSR count). The van der Waals surface area contributed by atoms with Crippen LogP contribution in [0, 0.1) is 13.8 Å². The summed E-state index contributed by atoms with van der Waals surface area (Å²) >= 11 is 8.25. The number of anilines is 2. The average molecular weight is 540 g/mol. The van der Waals surface area contributed by atoms with E-state index in [1.165, 1.54) is 5.56 Å². The van der Waals surface area contributed by atoms with Crippen LogP contribution in [0.5, 0.6) is 0 Å². The summed E-state index contributed by atoms with van der Waals surface area (Å²) in [5.74, 6) is -1.01. The zero-order valence-electron chi connectivity index (χ0n) is 20.3. The number of esters is 2. The lowest BCUT2D eigenvalue weighted by molar-refractivity contribution is 0.0527. The third-order valence-corrected chi connectivity index (χ3v) is 7.71. The highest BCUT2D eigenvalue weighted by molar-refractivity contribution is 7.80. The Morgan fingerprint density at radius 2 is 1.64 bits per heavy atom. The number of fused-ring (bicyclic) bond motifs is 1. The number of hydrogen-bond acceptors (Lipinski definition) is 8. The van der Waals surface area contributed by atoms with E-state index in [0.29, 0.717) is 15.4 Å². The van der Waals surface area contributed by atoms with Crippen molar-refractivity contribution in [2.75, 3.05) is 23.8 Å². The van der Waals surface area contributed by atoms with Crippen LogP contribution in [0.3, 0.4) is 0 Å². The van der Waals surface area contributed by atoms with E-state index in [2.05, 4.69) is 29.7 Å². The van der Waals surface area contributed by atoms with Gasteiger partial charge in [0.1, 0.15) is 14.9 Å². The average Bonchev–Trinajstić information content (AvgIpc) is 3.40. The van der Waals surface area contributed by atoms with Crippen LogP contribution in [0.2, 0.25) is 0 Å². The number of rotatable bonds is 7. The second-order valence-electron chi connectivity index (χ2n) is 7.85. The minimum absolute atomic E-state index is 0.214. The molecule has 10 heteroatoms. The summed E-state index contributed by atoms with van der Waals surface area (Å²) in [6.07, 6.45) is 0. The van der Waals surface area contributed by atoms with Crippen molar-refractivity contribution in [2.24, 2.45) is 0 Å². The van der Waals surface area contributed by atoms with Gasteiger partial charge in [-0.2, -0.15) is 0 Å². The van der Waals surface area contributed by atoms with Crippen LogP contribution >= 0.6 is 34.9 Å². The molecule has 186 valence electrons. The maximum Gasteiger partial charge on any atom is 0.348 e. The van der Waals surface area contributed by atoms with Gasteiger partial charge in [0.15, 0.2) is 5.11 Å². The van der Waals surface area contributed by atoms with Crippen LogP contribution in [0.1, 0.15) is 45.0 Å². The Bertz CT molecular complexity index is 1440. The zero-order chi connectivity index (χ0) is 25.8. The Hall–Kier alpha value is -3.34. The summed E-state index contributed by atoms with van der Waals surface area (Å²) in [7, 11) is 0. The molecule has 0 amide bonds. The van der Waals surface area contributed by atoms with Gasteiger partial charge in [-0.15, -0.1) is 22.7 Å². The molecule has 2 N–H and O–H groups in total. The fourth-order valence-electron chi connectivity index (χ4n) is 3.56. The first-order valence-electron chi connectivity index (χ1n) is 11.3. The number of thiazole rings is 1. The summed E-state index contributed by atoms with van der Waals surface area (Å²) in [5.41, 5.74) is 4.74. The van der Waals surface area contributed by atoms with Gasteiger partial charge in [0.25, 0.3) is 0 Å². The number of benzene rings is 2. The Morgan fingerprint density at radius 1 is 0.944 bits per heavy atom. The van der Waals surface area contributed by atoms with Gasteiger partial charge in [-0.3, -0.25) is 0 Å². The van der Waals surface area contributed by atoms with Crippen molar-refractivity contribution in [3.8, 4) is 10.6 Å². The summed E-state index contributed by atoms with van der Waals surface area (Å²) in [6.45, 7) is 7.67. The van der Waals surface area contributed by atoms with E-state index in [1.54, 1.807) is 32.1 Å². The molecule has 2 heterocycles. The van der Waals surface area contributed by atoms with Crippen molar-refractivity contribution >= 4 is 72.8 Å². The largest absolute Gasteiger partial charge is 0.462 e. The Labute approximate surface area is 222 Å². The number of nitrogens with zero attached hydrogens (tertiary/aromatic N) is 1. The molecule has 0 saturated carbocycles. The Kier molecular flexibility index (Phi) is 7.97. The van der Waals surface area contributed by atoms with E-state index in [4.69, 9.17) is 26.7 Å². The molecule has 0 fully saturated rings. The normalized spacial score (nSPS) is 10.8. The lowest BCUT2D eigenvalue weighted by atomic mass is 10.1. The Morgan fingerprint density at radius 3 is 2.33 bits per heavy atom. The maximum atomic E-state index is 12.6. The molecule has 2 aromatic carbocycles. The third-order valence-electron chi connectivity index (χ3n) is 5.25. The number of thiocarbonyl (C=S) groups is 1. The minimum atomic E-state index is -0.525. The Balaban J connectivity index is 1.51. The van der Waals surface area contributed by atoms with Crippen LogP contribution in [0.15, 0.2) is 42.5 Å². The van der Waals surface area contributed by atoms with Crippen molar-refractivity contribution < 1.29 is 19.1 Å². The molecule has 0 bridgehead atoms. The number of nitrogens with one attached hydrogen (secondary N) is 2. The van der Waals surface area contributed by atoms with Gasteiger partial charge >= 0.3 is 11.9 Å². The minimum Gasteiger partial charge on any atom is -0.462 e. The standard InChI is InChI=1S/C26H25N3O4S3/c1-5-32-24(30)20-15(4)21(25(31)33-6-2)36-23(20)29-26(34)27-17-10-8-16(9-11-17)22-28-18-12-7-14(3)13-19(18)35-22/h7-13H,5-6H2,1-4H3,(H2,27,29,34). The zero-order valence-corrected chi connectivity index (χ0v) is 22.7. The molecular formula is C26H25N3O4S3. The number of carbonyl (C=O) groups excluding carboxylic acids is 2. The molecule has 36 heavy (non-hydrogen) atoms. The molecule has 7 nitrogen and oxygen atoms in total. The molecule has 0 atom stereocenters. The first kappa shape index (κ1) is 25.7. The van der Waals surface area contributed by atoms with E-state index < -0.39 is 11.9 Å². The first-order chi connectivity index (χ1) is 17.3. The predicted octanol–water partition coefficient (Wildman–Crippen LogP) is 6.80. The van der Waals surface area contributed by atoms with E-state index >= 15 is 0 Å². The molecule has 0 aliphatic carbocycles. The highest BCUT2D eigenvalue weighted by Gasteiger charge is 2.26. The molecule has 4 aromatic rings. The second kappa shape index (κ2) is 11.2. The smallest absolute Gasteiger partial charge is 0.348 e. The molecule has 2 aromatic heterocycles. The van der Waals surface area contributed by atoms with Crippen LogP contribution in [0.25, 0.3) is 20.8 Å². The van der Waals surface area contributed by atoms with Crippen molar-refractivity contribution in [3.63, 3.8) is 0 Å². The molecule has 0 radical (unpaired) electrons. The van der Waals surface area contributed by atoms with E-state index in [1.807, 2.05) is 30.3 Å². The molecule has 0 aliphatic heterocycles.